The van der Waals surface area contributed by atoms with E-state index < -0.39 is 12.1 Å². The SMILES string of the molecule is CC(C)C1CCC(C2(C(O)C(=O)O)CC2)CC1. The first-order valence-corrected chi connectivity index (χ1v) is 6.88. The number of aliphatic carboxylic acids is 1. The van der Waals surface area contributed by atoms with Crippen molar-refractivity contribution in [3.8, 4) is 0 Å². The Bertz CT molecular complexity index is 286. The normalized spacial score (nSPS) is 33.4. The molecule has 0 aromatic heterocycles. The summed E-state index contributed by atoms with van der Waals surface area (Å²) in [5.74, 6) is 0.927. The highest BCUT2D eigenvalue weighted by Gasteiger charge is 2.57. The fraction of sp³-hybridized carbons (Fsp3) is 0.929. The monoisotopic (exact) mass is 240 g/mol. The number of hydrogen-bond donors (Lipinski definition) is 2. The average Bonchev–Trinajstić information content (AvgIpc) is 3.09. The number of carboxylic acids is 1. The van der Waals surface area contributed by atoms with Crippen molar-refractivity contribution in [3.05, 3.63) is 0 Å². The lowest BCUT2D eigenvalue weighted by molar-refractivity contribution is -0.152. The van der Waals surface area contributed by atoms with Crippen LogP contribution in [0.25, 0.3) is 0 Å². The van der Waals surface area contributed by atoms with Crippen LogP contribution in [0.2, 0.25) is 0 Å². The zero-order valence-electron chi connectivity index (χ0n) is 10.9. The Balaban J connectivity index is 1.95. The second-order valence-corrected chi connectivity index (χ2v) is 6.33. The van der Waals surface area contributed by atoms with E-state index >= 15 is 0 Å². The zero-order valence-corrected chi connectivity index (χ0v) is 10.9. The fourth-order valence-electron chi connectivity index (χ4n) is 3.66. The minimum atomic E-state index is -1.14. The molecule has 0 heterocycles. The third-order valence-corrected chi connectivity index (χ3v) is 5.13. The van der Waals surface area contributed by atoms with Gasteiger partial charge in [-0.3, -0.25) is 0 Å². The van der Waals surface area contributed by atoms with Gasteiger partial charge in [0.2, 0.25) is 0 Å². The van der Waals surface area contributed by atoms with Crippen LogP contribution in [0.5, 0.6) is 0 Å². The van der Waals surface area contributed by atoms with Gasteiger partial charge in [0.1, 0.15) is 0 Å². The van der Waals surface area contributed by atoms with Gasteiger partial charge >= 0.3 is 5.97 Å². The Morgan fingerprint density at radius 2 is 1.71 bits per heavy atom. The van der Waals surface area contributed by atoms with Gasteiger partial charge in [0.15, 0.2) is 6.10 Å². The van der Waals surface area contributed by atoms with E-state index in [1.165, 1.54) is 12.8 Å². The van der Waals surface area contributed by atoms with Gasteiger partial charge in [-0.1, -0.05) is 13.8 Å². The maximum atomic E-state index is 11.0. The lowest BCUT2D eigenvalue weighted by atomic mass is 9.69. The smallest absolute Gasteiger partial charge is 0.333 e. The first-order chi connectivity index (χ1) is 7.97. The van der Waals surface area contributed by atoms with Gasteiger partial charge in [0.05, 0.1) is 0 Å². The quantitative estimate of drug-likeness (QED) is 0.794. The zero-order chi connectivity index (χ0) is 12.6. The lowest BCUT2D eigenvalue weighted by Crippen LogP contribution is -2.38. The summed E-state index contributed by atoms with van der Waals surface area (Å²) >= 11 is 0. The Morgan fingerprint density at radius 1 is 1.18 bits per heavy atom. The van der Waals surface area contributed by atoms with Gasteiger partial charge in [-0.15, -0.1) is 0 Å². The van der Waals surface area contributed by atoms with Crippen molar-refractivity contribution in [2.24, 2.45) is 23.2 Å². The van der Waals surface area contributed by atoms with Crippen LogP contribution >= 0.6 is 0 Å². The highest BCUT2D eigenvalue weighted by atomic mass is 16.4. The van der Waals surface area contributed by atoms with E-state index in [1.54, 1.807) is 0 Å². The maximum absolute atomic E-state index is 11.0. The summed E-state index contributed by atoms with van der Waals surface area (Å²) in [6.07, 6.45) is 5.28. The molecule has 1 atom stereocenters. The van der Waals surface area contributed by atoms with E-state index in [0.29, 0.717) is 5.92 Å². The molecule has 2 aliphatic rings. The second kappa shape index (κ2) is 4.60. The molecule has 3 nitrogen and oxygen atoms in total. The largest absolute Gasteiger partial charge is 0.479 e. The van der Waals surface area contributed by atoms with Crippen molar-refractivity contribution < 1.29 is 15.0 Å². The lowest BCUT2D eigenvalue weighted by Gasteiger charge is -2.36. The molecule has 2 rings (SSSR count). The summed E-state index contributed by atoms with van der Waals surface area (Å²) in [5.41, 5.74) is -0.270. The molecule has 0 aromatic carbocycles. The third-order valence-electron chi connectivity index (χ3n) is 5.13. The molecule has 0 saturated heterocycles. The standard InChI is InChI=1S/C14H24O3/c1-9(2)10-3-5-11(6-4-10)14(7-8-14)12(15)13(16)17/h9-12,15H,3-8H2,1-2H3,(H,16,17). The molecule has 17 heavy (non-hydrogen) atoms. The molecule has 0 amide bonds. The number of carboxylic acid groups (broad SMARTS) is 1. The van der Waals surface area contributed by atoms with E-state index in [0.717, 1.165) is 37.5 Å². The van der Waals surface area contributed by atoms with Crippen LogP contribution < -0.4 is 0 Å². The van der Waals surface area contributed by atoms with Crippen LogP contribution in [0.4, 0.5) is 0 Å². The molecule has 98 valence electrons. The van der Waals surface area contributed by atoms with E-state index in [-0.39, 0.29) is 5.41 Å². The molecule has 1 unspecified atom stereocenters. The highest BCUT2D eigenvalue weighted by molar-refractivity contribution is 5.73. The number of aliphatic hydroxyl groups excluding tert-OH is 1. The summed E-state index contributed by atoms with van der Waals surface area (Å²) in [4.78, 5) is 11.0. The average molecular weight is 240 g/mol. The third kappa shape index (κ3) is 2.35. The van der Waals surface area contributed by atoms with Crippen molar-refractivity contribution in [1.29, 1.82) is 0 Å². The first kappa shape index (κ1) is 12.9. The topological polar surface area (TPSA) is 57.5 Å². The van der Waals surface area contributed by atoms with Gasteiger partial charge in [0, 0.05) is 5.41 Å². The minimum absolute atomic E-state index is 0.270. The van der Waals surface area contributed by atoms with Crippen molar-refractivity contribution in [1.82, 2.24) is 0 Å². The molecule has 0 aromatic rings. The first-order valence-electron chi connectivity index (χ1n) is 6.88. The van der Waals surface area contributed by atoms with Gasteiger partial charge in [-0.2, -0.15) is 0 Å². The van der Waals surface area contributed by atoms with Crippen molar-refractivity contribution >= 4 is 5.97 Å². The van der Waals surface area contributed by atoms with Crippen LogP contribution in [0.1, 0.15) is 52.4 Å². The predicted octanol–water partition coefficient (Wildman–Crippen LogP) is 2.67. The molecule has 2 N–H and O–H groups in total. The number of carbonyl (C=O) groups is 1. The predicted molar refractivity (Wildman–Crippen MR) is 65.6 cm³/mol. The second-order valence-electron chi connectivity index (χ2n) is 6.33. The molecule has 2 saturated carbocycles. The number of rotatable bonds is 4. The van der Waals surface area contributed by atoms with Crippen LogP contribution in [0, 0.1) is 23.2 Å². The number of hydrogen-bond acceptors (Lipinski definition) is 2. The molecule has 2 fully saturated rings. The van der Waals surface area contributed by atoms with E-state index in [2.05, 4.69) is 13.8 Å². The molecule has 0 spiro atoms. The molecule has 0 radical (unpaired) electrons. The van der Waals surface area contributed by atoms with Gasteiger partial charge in [-0.05, 0) is 56.3 Å². The van der Waals surface area contributed by atoms with E-state index in [4.69, 9.17) is 5.11 Å². The van der Waals surface area contributed by atoms with Crippen LogP contribution in [-0.4, -0.2) is 22.3 Å². The van der Waals surface area contributed by atoms with Crippen molar-refractivity contribution in [2.75, 3.05) is 0 Å². The Hall–Kier alpha value is -0.570. The van der Waals surface area contributed by atoms with E-state index in [9.17, 15) is 9.90 Å². The summed E-state index contributed by atoms with van der Waals surface area (Å²) in [7, 11) is 0. The fourth-order valence-corrected chi connectivity index (χ4v) is 3.66. The van der Waals surface area contributed by atoms with E-state index in [1.807, 2.05) is 0 Å². The Labute approximate surface area is 103 Å². The molecule has 0 aliphatic heterocycles. The highest BCUT2D eigenvalue weighted by Crippen LogP contribution is 2.59. The van der Waals surface area contributed by atoms with Crippen LogP contribution in [-0.2, 0) is 4.79 Å². The number of aliphatic hydroxyl groups is 1. The maximum Gasteiger partial charge on any atom is 0.333 e. The molecule has 0 bridgehead atoms. The van der Waals surface area contributed by atoms with Crippen molar-refractivity contribution in [3.63, 3.8) is 0 Å². The summed E-state index contributed by atoms with van der Waals surface area (Å²) in [5, 5.41) is 18.8. The molecular weight excluding hydrogens is 216 g/mol. The molecule has 2 aliphatic carbocycles. The Kier molecular flexibility index (Phi) is 3.48. The summed E-state index contributed by atoms with van der Waals surface area (Å²) in [6, 6.07) is 0. The van der Waals surface area contributed by atoms with Gasteiger partial charge < -0.3 is 10.2 Å². The minimum Gasteiger partial charge on any atom is -0.479 e. The Morgan fingerprint density at radius 3 is 2.06 bits per heavy atom. The van der Waals surface area contributed by atoms with Crippen LogP contribution in [0.15, 0.2) is 0 Å². The summed E-state index contributed by atoms with van der Waals surface area (Å²) < 4.78 is 0. The van der Waals surface area contributed by atoms with Gasteiger partial charge in [-0.25, -0.2) is 4.79 Å². The molecule has 3 heteroatoms. The van der Waals surface area contributed by atoms with Crippen molar-refractivity contribution in [2.45, 2.75) is 58.5 Å². The van der Waals surface area contributed by atoms with Crippen LogP contribution in [0.3, 0.4) is 0 Å². The van der Waals surface area contributed by atoms with Gasteiger partial charge in [0.25, 0.3) is 0 Å². The summed E-state index contributed by atoms with van der Waals surface area (Å²) in [6.45, 7) is 4.54. The molecular formula is C14H24O3.